The first-order valence-corrected chi connectivity index (χ1v) is 13.2. The zero-order valence-corrected chi connectivity index (χ0v) is 22.1. The lowest BCUT2D eigenvalue weighted by atomic mass is 10.1. The molecule has 0 spiro atoms. The number of ether oxygens (including phenoxy) is 2. The summed E-state index contributed by atoms with van der Waals surface area (Å²) < 4.78 is 10.2. The molecule has 0 radical (unpaired) electrons. The molecule has 9 heteroatoms. The van der Waals surface area contributed by atoms with Crippen molar-refractivity contribution in [3.8, 4) is 5.75 Å². The summed E-state index contributed by atoms with van der Waals surface area (Å²) in [5.74, 6) is -0.124. The van der Waals surface area contributed by atoms with Crippen LogP contribution >= 0.6 is 11.8 Å². The summed E-state index contributed by atoms with van der Waals surface area (Å²) >= 11 is 1.27. The smallest absolute Gasteiger partial charge is 0.338 e. The van der Waals surface area contributed by atoms with Gasteiger partial charge in [0.25, 0.3) is 0 Å². The van der Waals surface area contributed by atoms with Crippen LogP contribution < -0.4 is 10.1 Å². The lowest BCUT2D eigenvalue weighted by Gasteiger charge is -2.16. The topological polar surface area (TPSA) is 97.3 Å². The van der Waals surface area contributed by atoms with E-state index in [1.807, 2.05) is 30.3 Å². The van der Waals surface area contributed by atoms with E-state index in [1.165, 1.54) is 11.8 Å². The van der Waals surface area contributed by atoms with Gasteiger partial charge >= 0.3 is 5.97 Å². The van der Waals surface area contributed by atoms with Gasteiger partial charge in [-0.3, -0.25) is 14.5 Å². The van der Waals surface area contributed by atoms with Gasteiger partial charge in [0.15, 0.2) is 5.17 Å². The number of anilines is 1. The highest BCUT2D eigenvalue weighted by Gasteiger charge is 2.39. The van der Waals surface area contributed by atoms with Crippen molar-refractivity contribution in [2.24, 2.45) is 4.99 Å². The highest BCUT2D eigenvalue weighted by Crippen LogP contribution is 2.32. The maximum absolute atomic E-state index is 13.4. The van der Waals surface area contributed by atoms with Crippen LogP contribution in [0.25, 0.3) is 0 Å². The molecule has 3 aromatic rings. The number of methoxy groups -OCH3 is 1. The second-order valence-electron chi connectivity index (χ2n) is 8.47. The molecule has 196 valence electrons. The lowest BCUT2D eigenvalue weighted by molar-refractivity contribution is -0.128. The fourth-order valence-electron chi connectivity index (χ4n) is 3.87. The largest absolute Gasteiger partial charge is 0.497 e. The van der Waals surface area contributed by atoms with Crippen LogP contribution in [0.4, 0.5) is 11.4 Å². The minimum atomic E-state index is -0.596. The number of nitrogens with one attached hydrogen (secondary N) is 1. The molecule has 38 heavy (non-hydrogen) atoms. The molecule has 0 bridgehead atoms. The molecule has 3 aromatic carbocycles. The summed E-state index contributed by atoms with van der Waals surface area (Å²) in [6.45, 7) is 2.49. The second kappa shape index (κ2) is 12.9. The molecule has 0 saturated carbocycles. The Labute approximate surface area is 226 Å². The first-order valence-electron chi connectivity index (χ1n) is 12.3. The van der Waals surface area contributed by atoms with Gasteiger partial charge in [-0.1, -0.05) is 42.1 Å². The van der Waals surface area contributed by atoms with Gasteiger partial charge in [0.2, 0.25) is 11.8 Å². The van der Waals surface area contributed by atoms with Crippen LogP contribution in [0.5, 0.6) is 5.75 Å². The number of hydrogen-bond donors (Lipinski definition) is 1. The SMILES string of the molecule is CCOC(=O)c1ccc(N=C2SC(CC(=O)Nc3ccc(OC)cc3)C(=O)N2CCc2ccccc2)cc1. The van der Waals surface area contributed by atoms with Gasteiger partial charge in [-0.15, -0.1) is 0 Å². The van der Waals surface area contributed by atoms with E-state index in [0.717, 1.165) is 5.56 Å². The average Bonchev–Trinajstić information content (AvgIpc) is 3.22. The van der Waals surface area contributed by atoms with Crippen molar-refractivity contribution in [3.63, 3.8) is 0 Å². The normalized spacial score (nSPS) is 15.9. The molecule has 8 nitrogen and oxygen atoms in total. The molecule has 1 heterocycles. The zero-order chi connectivity index (χ0) is 26.9. The average molecular weight is 532 g/mol. The van der Waals surface area contributed by atoms with E-state index in [9.17, 15) is 14.4 Å². The molecule has 1 aliphatic rings. The molecule has 2 amide bonds. The van der Waals surface area contributed by atoms with E-state index in [-0.39, 0.29) is 18.2 Å². The number of benzene rings is 3. The predicted octanol–water partition coefficient (Wildman–Crippen LogP) is 5.07. The van der Waals surface area contributed by atoms with Crippen molar-refractivity contribution in [1.29, 1.82) is 0 Å². The lowest BCUT2D eigenvalue weighted by Crippen LogP contribution is -2.35. The molecule has 1 atom stereocenters. The maximum atomic E-state index is 13.4. The fraction of sp³-hybridized carbons (Fsp3) is 0.241. The maximum Gasteiger partial charge on any atom is 0.338 e. The number of hydrogen-bond acceptors (Lipinski definition) is 7. The van der Waals surface area contributed by atoms with Gasteiger partial charge in [-0.05, 0) is 67.4 Å². The van der Waals surface area contributed by atoms with Crippen LogP contribution in [0.3, 0.4) is 0 Å². The number of amidine groups is 1. The molecular weight excluding hydrogens is 502 g/mol. The minimum absolute atomic E-state index is 0.0121. The van der Waals surface area contributed by atoms with Crippen molar-refractivity contribution in [2.75, 3.05) is 25.6 Å². The number of esters is 1. The second-order valence-corrected chi connectivity index (χ2v) is 9.64. The number of aliphatic imine (C=N–C) groups is 1. The van der Waals surface area contributed by atoms with Crippen LogP contribution in [0.2, 0.25) is 0 Å². The summed E-state index contributed by atoms with van der Waals surface area (Å²) in [4.78, 5) is 44.4. The van der Waals surface area contributed by atoms with Crippen molar-refractivity contribution in [2.45, 2.75) is 25.0 Å². The third-order valence-corrected chi connectivity index (χ3v) is 7.01. The molecule has 1 aliphatic heterocycles. The Bertz CT molecular complexity index is 1290. The number of thioether (sulfide) groups is 1. The Morgan fingerprint density at radius 3 is 2.37 bits per heavy atom. The number of carbonyl (C=O) groups is 3. The molecule has 0 aliphatic carbocycles. The van der Waals surface area contributed by atoms with Crippen molar-refractivity contribution in [1.82, 2.24) is 4.90 Å². The van der Waals surface area contributed by atoms with Crippen LogP contribution in [-0.4, -0.2) is 53.4 Å². The van der Waals surface area contributed by atoms with Crippen molar-refractivity contribution in [3.05, 3.63) is 90.0 Å². The van der Waals surface area contributed by atoms with Crippen molar-refractivity contribution < 1.29 is 23.9 Å². The van der Waals surface area contributed by atoms with Crippen LogP contribution in [-0.2, 0) is 20.7 Å². The summed E-state index contributed by atoms with van der Waals surface area (Å²) in [5, 5.41) is 2.77. The van der Waals surface area contributed by atoms with E-state index >= 15 is 0 Å². The molecule has 4 rings (SSSR count). The third kappa shape index (κ3) is 7.01. The van der Waals surface area contributed by atoms with Crippen LogP contribution in [0, 0.1) is 0 Å². The Hall–Kier alpha value is -4.11. The molecular formula is C29H29N3O5S. The number of amides is 2. The predicted molar refractivity (Wildman–Crippen MR) is 149 cm³/mol. The van der Waals surface area contributed by atoms with Gasteiger partial charge in [0, 0.05) is 18.7 Å². The molecule has 1 fully saturated rings. The van der Waals surface area contributed by atoms with Gasteiger partial charge < -0.3 is 14.8 Å². The van der Waals surface area contributed by atoms with E-state index < -0.39 is 11.2 Å². The Balaban J connectivity index is 1.49. The van der Waals surface area contributed by atoms with Crippen LogP contribution in [0.1, 0.15) is 29.3 Å². The molecule has 1 N–H and O–H groups in total. The quantitative estimate of drug-likeness (QED) is 0.367. The monoisotopic (exact) mass is 531 g/mol. The fourth-order valence-corrected chi connectivity index (χ4v) is 5.05. The summed E-state index contributed by atoms with van der Waals surface area (Å²) in [7, 11) is 1.58. The number of nitrogens with zero attached hydrogens (tertiary/aromatic N) is 2. The Morgan fingerprint density at radius 2 is 1.71 bits per heavy atom. The number of rotatable bonds is 10. The first-order chi connectivity index (χ1) is 18.5. The number of carbonyl (C=O) groups excluding carboxylic acids is 3. The summed E-state index contributed by atoms with van der Waals surface area (Å²) in [6, 6.07) is 23.6. The molecule has 1 saturated heterocycles. The van der Waals surface area contributed by atoms with Gasteiger partial charge in [0.05, 0.1) is 25.0 Å². The van der Waals surface area contributed by atoms with Crippen molar-refractivity contribution >= 4 is 46.1 Å². The third-order valence-electron chi connectivity index (χ3n) is 5.83. The Morgan fingerprint density at radius 1 is 1.00 bits per heavy atom. The first kappa shape index (κ1) is 26.9. The molecule has 1 unspecified atom stereocenters. The highest BCUT2D eigenvalue weighted by atomic mass is 32.2. The van der Waals surface area contributed by atoms with Gasteiger partial charge in [-0.25, -0.2) is 9.79 Å². The zero-order valence-electron chi connectivity index (χ0n) is 21.3. The van der Waals surface area contributed by atoms with Gasteiger partial charge in [-0.2, -0.15) is 0 Å². The van der Waals surface area contributed by atoms with Gasteiger partial charge in [0.1, 0.15) is 11.0 Å². The van der Waals surface area contributed by atoms with E-state index in [1.54, 1.807) is 67.5 Å². The van der Waals surface area contributed by atoms with Crippen LogP contribution in [0.15, 0.2) is 83.9 Å². The minimum Gasteiger partial charge on any atom is -0.497 e. The van der Waals surface area contributed by atoms with E-state index in [2.05, 4.69) is 5.32 Å². The summed E-state index contributed by atoms with van der Waals surface area (Å²) in [5.41, 5.74) is 2.76. The highest BCUT2D eigenvalue weighted by molar-refractivity contribution is 8.15. The summed E-state index contributed by atoms with van der Waals surface area (Å²) in [6.07, 6.45) is 0.664. The van der Waals surface area contributed by atoms with E-state index in [4.69, 9.17) is 14.5 Å². The molecule has 0 aromatic heterocycles. The van der Waals surface area contributed by atoms with E-state index in [0.29, 0.717) is 47.4 Å². The Kier molecular flexibility index (Phi) is 9.16. The standard InChI is InChI=1S/C29H29N3O5S/c1-3-37-28(35)21-9-11-23(12-10-21)31-29-32(18-17-20-7-5-4-6-8-20)27(34)25(38-29)19-26(33)30-22-13-15-24(36-2)16-14-22/h4-16,25H,3,17-19H2,1-2H3,(H,30,33).